The second kappa shape index (κ2) is 6.46. The summed E-state index contributed by atoms with van der Waals surface area (Å²) in [5, 5.41) is 1.86. The first kappa shape index (κ1) is 18.4. The fourth-order valence-corrected chi connectivity index (χ4v) is 5.03. The van der Waals surface area contributed by atoms with Gasteiger partial charge in [-0.3, -0.25) is 0 Å². The van der Waals surface area contributed by atoms with Gasteiger partial charge in [0.25, 0.3) is 0 Å². The number of furan rings is 1. The summed E-state index contributed by atoms with van der Waals surface area (Å²) in [5.41, 5.74) is 3.67. The van der Waals surface area contributed by atoms with E-state index in [0.717, 1.165) is 51.7 Å². The maximum absolute atomic E-state index is 14.5. The van der Waals surface area contributed by atoms with Crippen LogP contribution >= 0.6 is 0 Å². The molecule has 0 saturated heterocycles. The van der Waals surface area contributed by atoms with E-state index in [0.29, 0.717) is 11.5 Å². The molecule has 0 radical (unpaired) electrons. The predicted octanol–water partition coefficient (Wildman–Crippen LogP) is 5.78. The highest BCUT2D eigenvalue weighted by atomic mass is 32.2. The van der Waals surface area contributed by atoms with Crippen molar-refractivity contribution >= 4 is 38.5 Å². The minimum Gasteiger partial charge on any atom is -0.457 e. The summed E-state index contributed by atoms with van der Waals surface area (Å²) < 4.78 is 35.3. The summed E-state index contributed by atoms with van der Waals surface area (Å²) in [7, 11) is -1.16. The fourth-order valence-electron chi connectivity index (χ4n) is 4.55. The van der Waals surface area contributed by atoms with Crippen LogP contribution < -0.4 is 4.72 Å². The van der Waals surface area contributed by atoms with Crippen LogP contribution in [0.4, 0.5) is 10.1 Å². The Morgan fingerprint density at radius 2 is 2.07 bits per heavy atom. The van der Waals surface area contributed by atoms with Gasteiger partial charge < -0.3 is 14.1 Å². The molecule has 0 spiro atoms. The van der Waals surface area contributed by atoms with Gasteiger partial charge in [-0.1, -0.05) is 12.1 Å². The van der Waals surface area contributed by atoms with E-state index in [1.807, 2.05) is 37.4 Å². The highest BCUT2D eigenvalue weighted by Crippen LogP contribution is 2.54. The lowest BCUT2D eigenvalue weighted by Crippen LogP contribution is -2.25. The molecule has 150 valence electrons. The number of para-hydroxylation sites is 1. The molecule has 0 amide bonds. The van der Waals surface area contributed by atoms with Gasteiger partial charge in [-0.25, -0.2) is 8.60 Å². The second-order valence-corrected chi connectivity index (χ2v) is 9.35. The summed E-state index contributed by atoms with van der Waals surface area (Å²) in [6, 6.07) is 11.4. The first-order valence-corrected chi connectivity index (χ1v) is 11.3. The SMILES string of the molecule is Cc1cc(F)c2oc(C(C)(c3c[nH]c4c(NS(C)=O)cccc34)C3CC3)cc2c1. The Kier molecular flexibility index (Phi) is 4.10. The van der Waals surface area contributed by atoms with Crippen LogP contribution in [0.25, 0.3) is 21.9 Å². The first-order valence-electron chi connectivity index (χ1n) is 9.78. The minimum absolute atomic E-state index is 0.319. The molecule has 2 aromatic heterocycles. The van der Waals surface area contributed by atoms with Crippen LogP contribution in [0.1, 0.15) is 36.7 Å². The molecule has 0 aliphatic heterocycles. The van der Waals surface area contributed by atoms with Crippen LogP contribution in [-0.4, -0.2) is 15.4 Å². The molecule has 1 aliphatic rings. The number of rotatable bonds is 5. The van der Waals surface area contributed by atoms with Gasteiger partial charge in [0.05, 0.1) is 16.6 Å². The molecule has 4 nitrogen and oxygen atoms in total. The number of hydrogen-bond donors (Lipinski definition) is 2. The molecule has 2 atom stereocenters. The van der Waals surface area contributed by atoms with Gasteiger partial charge >= 0.3 is 0 Å². The van der Waals surface area contributed by atoms with Crippen LogP contribution in [0.3, 0.4) is 0 Å². The smallest absolute Gasteiger partial charge is 0.169 e. The molecular formula is C23H23FN2O2S. The fraction of sp³-hybridized carbons (Fsp3) is 0.304. The van der Waals surface area contributed by atoms with Gasteiger partial charge in [0.1, 0.15) is 16.7 Å². The summed E-state index contributed by atoms with van der Waals surface area (Å²) >= 11 is 0. The molecule has 0 bridgehead atoms. The number of aryl methyl sites for hydroxylation is 1. The first-order chi connectivity index (χ1) is 13.9. The van der Waals surface area contributed by atoms with E-state index in [9.17, 15) is 8.60 Å². The largest absolute Gasteiger partial charge is 0.457 e. The van der Waals surface area contributed by atoms with Crippen LogP contribution in [0.5, 0.6) is 0 Å². The summed E-state index contributed by atoms with van der Waals surface area (Å²) in [5.74, 6) is 0.904. The van der Waals surface area contributed by atoms with Crippen LogP contribution in [0, 0.1) is 18.7 Å². The number of aromatic nitrogens is 1. The van der Waals surface area contributed by atoms with E-state index in [2.05, 4.69) is 22.7 Å². The summed E-state index contributed by atoms with van der Waals surface area (Å²) in [6.07, 6.45) is 5.85. The molecule has 29 heavy (non-hydrogen) atoms. The van der Waals surface area contributed by atoms with Gasteiger partial charge in [0.2, 0.25) is 0 Å². The third kappa shape index (κ3) is 2.89. The molecule has 2 N–H and O–H groups in total. The number of anilines is 1. The predicted molar refractivity (Wildman–Crippen MR) is 116 cm³/mol. The average molecular weight is 411 g/mol. The minimum atomic E-state index is -1.16. The van der Waals surface area contributed by atoms with E-state index < -0.39 is 11.0 Å². The van der Waals surface area contributed by atoms with Crippen molar-refractivity contribution in [3.63, 3.8) is 0 Å². The number of hydrogen-bond acceptors (Lipinski definition) is 2. The van der Waals surface area contributed by atoms with Crippen molar-refractivity contribution in [2.45, 2.75) is 32.1 Å². The number of benzene rings is 2. The lowest BCUT2D eigenvalue weighted by molar-refractivity contribution is 0.385. The second-order valence-electron chi connectivity index (χ2n) is 8.24. The number of H-pyrrole nitrogens is 1. The Morgan fingerprint density at radius 1 is 1.28 bits per heavy atom. The van der Waals surface area contributed by atoms with Crippen molar-refractivity contribution in [1.82, 2.24) is 4.98 Å². The standard InChI is InChI=1S/C23H23FN2O2S/c1-13-9-14-11-20(28-22(14)18(24)10-13)23(2,15-7-8-15)17-12-25-21-16(17)5-4-6-19(21)26-29(3)27/h4-6,9-12,15,25-26H,7-8H2,1-3H3. The van der Waals surface area contributed by atoms with Gasteiger partial charge in [-0.05, 0) is 68.0 Å². The van der Waals surface area contributed by atoms with Crippen LogP contribution in [0.15, 0.2) is 47.0 Å². The molecule has 1 aliphatic carbocycles. The van der Waals surface area contributed by atoms with Crippen molar-refractivity contribution in [2.24, 2.45) is 5.92 Å². The molecule has 2 heterocycles. The summed E-state index contributed by atoms with van der Waals surface area (Å²) in [6.45, 7) is 4.08. The average Bonchev–Trinajstić information content (AvgIpc) is 3.27. The molecule has 2 aromatic carbocycles. The van der Waals surface area contributed by atoms with Crippen LogP contribution in [-0.2, 0) is 16.4 Å². The monoisotopic (exact) mass is 410 g/mol. The molecule has 1 saturated carbocycles. The zero-order chi connectivity index (χ0) is 20.3. The van der Waals surface area contributed by atoms with Gasteiger partial charge in [-0.2, -0.15) is 0 Å². The molecule has 4 aromatic rings. The van der Waals surface area contributed by atoms with Crippen molar-refractivity contribution in [1.29, 1.82) is 0 Å². The highest BCUT2D eigenvalue weighted by Gasteiger charge is 2.47. The maximum Gasteiger partial charge on any atom is 0.169 e. The molecule has 1 fully saturated rings. The van der Waals surface area contributed by atoms with E-state index in [1.54, 1.807) is 6.26 Å². The topological polar surface area (TPSA) is 58.0 Å². The van der Waals surface area contributed by atoms with E-state index in [1.165, 1.54) is 6.07 Å². The Balaban J connectivity index is 1.72. The number of fused-ring (bicyclic) bond motifs is 2. The highest BCUT2D eigenvalue weighted by molar-refractivity contribution is 7.85. The molecule has 5 rings (SSSR count). The zero-order valence-electron chi connectivity index (χ0n) is 16.6. The van der Waals surface area contributed by atoms with E-state index in [4.69, 9.17) is 4.42 Å². The van der Waals surface area contributed by atoms with Gasteiger partial charge in [0.15, 0.2) is 11.4 Å². The van der Waals surface area contributed by atoms with E-state index in [-0.39, 0.29) is 11.2 Å². The van der Waals surface area contributed by atoms with Gasteiger partial charge in [0, 0.05) is 23.2 Å². The Labute approximate surface area is 171 Å². The Morgan fingerprint density at radius 3 is 2.79 bits per heavy atom. The maximum atomic E-state index is 14.5. The molecule has 2 unspecified atom stereocenters. The van der Waals surface area contributed by atoms with Crippen molar-refractivity contribution in [3.8, 4) is 0 Å². The van der Waals surface area contributed by atoms with E-state index >= 15 is 0 Å². The number of nitrogens with one attached hydrogen (secondary N) is 2. The third-order valence-corrected chi connectivity index (χ3v) is 6.66. The molecule has 6 heteroatoms. The van der Waals surface area contributed by atoms with Crippen molar-refractivity contribution < 1.29 is 13.0 Å². The third-order valence-electron chi connectivity index (χ3n) is 6.15. The molecular weight excluding hydrogens is 387 g/mol. The van der Waals surface area contributed by atoms with Crippen LogP contribution in [0.2, 0.25) is 0 Å². The van der Waals surface area contributed by atoms with Crippen molar-refractivity contribution in [2.75, 3.05) is 11.0 Å². The number of aromatic amines is 1. The van der Waals surface area contributed by atoms with Gasteiger partial charge in [-0.15, -0.1) is 0 Å². The Hall–Kier alpha value is -2.60. The lowest BCUT2D eigenvalue weighted by atomic mass is 9.75. The quantitative estimate of drug-likeness (QED) is 0.438. The Bertz CT molecular complexity index is 1270. The normalized spacial score (nSPS) is 17.5. The lowest BCUT2D eigenvalue weighted by Gasteiger charge is -2.27. The van der Waals surface area contributed by atoms with Crippen molar-refractivity contribution in [3.05, 3.63) is 65.3 Å². The zero-order valence-corrected chi connectivity index (χ0v) is 17.5. The summed E-state index contributed by atoms with van der Waals surface area (Å²) in [4.78, 5) is 3.36. The number of halogens is 1.